The van der Waals surface area contributed by atoms with E-state index in [-0.39, 0.29) is 6.04 Å². The summed E-state index contributed by atoms with van der Waals surface area (Å²) in [6, 6.07) is 6.82. The van der Waals surface area contributed by atoms with Crippen molar-refractivity contribution in [2.24, 2.45) is 12.9 Å². The first-order valence-corrected chi connectivity index (χ1v) is 6.32. The molecule has 102 valence electrons. The third-order valence-corrected chi connectivity index (χ3v) is 3.65. The Labute approximate surface area is 121 Å². The molecule has 0 aliphatic heterocycles. The van der Waals surface area contributed by atoms with E-state index in [1.54, 1.807) is 31.0 Å². The van der Waals surface area contributed by atoms with Crippen LogP contribution in [0.5, 0.6) is 5.88 Å². The first-order valence-electron chi connectivity index (χ1n) is 5.56. The van der Waals surface area contributed by atoms with Gasteiger partial charge in [0.15, 0.2) is 0 Å². The number of halogens is 2. The summed E-state index contributed by atoms with van der Waals surface area (Å²) in [6.45, 7) is 0. The van der Waals surface area contributed by atoms with Gasteiger partial charge in [-0.05, 0) is 11.6 Å². The molecule has 0 spiro atoms. The van der Waals surface area contributed by atoms with Crippen molar-refractivity contribution in [1.29, 1.82) is 0 Å². The van der Waals surface area contributed by atoms with Crippen LogP contribution in [-0.2, 0) is 7.05 Å². The number of ether oxygens (including phenoxy) is 1. The number of methoxy groups -OCH3 is 1. The molecular weight excluding hydrogens is 287 g/mol. The Hall–Kier alpha value is -1.27. The molecule has 0 radical (unpaired) electrons. The molecule has 0 saturated heterocycles. The zero-order valence-electron chi connectivity index (χ0n) is 10.5. The summed E-state index contributed by atoms with van der Waals surface area (Å²) in [6.07, 6.45) is 0. The van der Waals surface area contributed by atoms with Gasteiger partial charge >= 0.3 is 0 Å². The van der Waals surface area contributed by atoms with Crippen LogP contribution in [0.4, 0.5) is 0 Å². The zero-order chi connectivity index (χ0) is 14.0. The average Bonchev–Trinajstić information content (AvgIpc) is 2.76. The Morgan fingerprint density at radius 2 is 2.16 bits per heavy atom. The Balaban J connectivity index is 2.46. The van der Waals surface area contributed by atoms with Gasteiger partial charge in [0, 0.05) is 13.1 Å². The van der Waals surface area contributed by atoms with E-state index in [1.165, 1.54) is 0 Å². The highest BCUT2D eigenvalue weighted by molar-refractivity contribution is 6.42. The van der Waals surface area contributed by atoms with Crippen LogP contribution in [0.1, 0.15) is 17.3 Å². The van der Waals surface area contributed by atoms with Crippen molar-refractivity contribution in [1.82, 2.24) is 15.2 Å². The van der Waals surface area contributed by atoms with E-state index >= 15 is 0 Å². The van der Waals surface area contributed by atoms with E-state index in [1.807, 2.05) is 12.1 Å². The predicted octanol–water partition coefficient (Wildman–Crippen LogP) is 2.29. The maximum Gasteiger partial charge on any atom is 0.211 e. The largest absolute Gasteiger partial charge is 0.481 e. The number of aryl methyl sites for hydroxylation is 1. The molecule has 2 aromatic rings. The highest BCUT2D eigenvalue weighted by atomic mass is 35.5. The summed E-state index contributed by atoms with van der Waals surface area (Å²) < 4.78 is 6.81. The quantitative estimate of drug-likeness (QED) is 0.672. The first kappa shape index (κ1) is 14.1. The van der Waals surface area contributed by atoms with Gasteiger partial charge in [-0.25, -0.2) is 10.1 Å². The van der Waals surface area contributed by atoms with Gasteiger partial charge in [-0.3, -0.25) is 5.84 Å². The second-order valence-electron chi connectivity index (χ2n) is 3.98. The van der Waals surface area contributed by atoms with E-state index in [0.29, 0.717) is 21.6 Å². The van der Waals surface area contributed by atoms with Crippen molar-refractivity contribution in [3.8, 4) is 5.88 Å². The third-order valence-electron chi connectivity index (χ3n) is 2.82. The predicted molar refractivity (Wildman–Crippen MR) is 75.4 cm³/mol. The van der Waals surface area contributed by atoms with Crippen LogP contribution in [0, 0.1) is 0 Å². The van der Waals surface area contributed by atoms with Gasteiger partial charge < -0.3 is 4.74 Å². The van der Waals surface area contributed by atoms with Gasteiger partial charge in [0.05, 0.1) is 28.9 Å². The minimum atomic E-state index is -0.360. The van der Waals surface area contributed by atoms with Crippen LogP contribution in [-0.4, -0.2) is 16.9 Å². The van der Waals surface area contributed by atoms with Crippen LogP contribution in [0.3, 0.4) is 0 Å². The van der Waals surface area contributed by atoms with E-state index in [0.717, 1.165) is 5.56 Å². The lowest BCUT2D eigenvalue weighted by molar-refractivity contribution is 0.373. The Bertz CT molecular complexity index is 585. The highest BCUT2D eigenvalue weighted by Gasteiger charge is 2.21. The van der Waals surface area contributed by atoms with E-state index in [4.69, 9.17) is 33.8 Å². The molecular formula is C12H14Cl2N4O. The number of hydrazine groups is 1. The molecule has 5 nitrogen and oxygen atoms in total. The van der Waals surface area contributed by atoms with Crippen LogP contribution >= 0.6 is 23.2 Å². The van der Waals surface area contributed by atoms with Gasteiger partial charge in [-0.15, -0.1) is 0 Å². The Morgan fingerprint density at radius 3 is 2.74 bits per heavy atom. The highest BCUT2D eigenvalue weighted by Crippen LogP contribution is 2.33. The van der Waals surface area contributed by atoms with E-state index in [9.17, 15) is 0 Å². The molecule has 0 aliphatic carbocycles. The topological polar surface area (TPSA) is 65.1 Å². The molecule has 0 saturated carbocycles. The van der Waals surface area contributed by atoms with Crippen LogP contribution < -0.4 is 16.0 Å². The molecule has 1 aromatic carbocycles. The number of rotatable bonds is 4. The molecule has 19 heavy (non-hydrogen) atoms. The summed E-state index contributed by atoms with van der Waals surface area (Å²) in [5.41, 5.74) is 4.15. The molecule has 0 amide bonds. The van der Waals surface area contributed by atoms with Gasteiger partial charge in [0.2, 0.25) is 5.88 Å². The molecule has 0 fully saturated rings. The SMILES string of the molecule is COc1cc(C(NN)c2cccc(Cl)c2Cl)nn1C. The third kappa shape index (κ3) is 2.69. The number of nitrogens with two attached hydrogens (primary N) is 1. The second-order valence-corrected chi connectivity index (χ2v) is 4.76. The van der Waals surface area contributed by atoms with Crippen LogP contribution in [0.2, 0.25) is 10.0 Å². The van der Waals surface area contributed by atoms with Crippen molar-refractivity contribution in [2.45, 2.75) is 6.04 Å². The molecule has 7 heteroatoms. The summed E-state index contributed by atoms with van der Waals surface area (Å²) in [5.74, 6) is 6.25. The van der Waals surface area contributed by atoms with E-state index in [2.05, 4.69) is 10.5 Å². The normalized spacial score (nSPS) is 12.5. The van der Waals surface area contributed by atoms with Gasteiger partial charge in [-0.2, -0.15) is 5.10 Å². The second kappa shape index (κ2) is 5.79. The Kier molecular flexibility index (Phi) is 4.31. The summed E-state index contributed by atoms with van der Waals surface area (Å²) in [7, 11) is 3.37. The summed E-state index contributed by atoms with van der Waals surface area (Å²) >= 11 is 12.2. The number of hydrogen-bond donors (Lipinski definition) is 2. The van der Waals surface area contributed by atoms with Crippen LogP contribution in [0.15, 0.2) is 24.3 Å². The lowest BCUT2D eigenvalue weighted by Gasteiger charge is -2.15. The number of hydrogen-bond acceptors (Lipinski definition) is 4. The van der Waals surface area contributed by atoms with Crippen molar-refractivity contribution >= 4 is 23.2 Å². The van der Waals surface area contributed by atoms with E-state index < -0.39 is 0 Å². The lowest BCUT2D eigenvalue weighted by Crippen LogP contribution is -2.29. The van der Waals surface area contributed by atoms with Gasteiger partial charge in [0.25, 0.3) is 0 Å². The molecule has 1 heterocycles. The zero-order valence-corrected chi connectivity index (χ0v) is 12.0. The fraction of sp³-hybridized carbons (Fsp3) is 0.250. The molecule has 0 bridgehead atoms. The van der Waals surface area contributed by atoms with Gasteiger partial charge in [0.1, 0.15) is 0 Å². The number of nitrogens with zero attached hydrogens (tertiary/aromatic N) is 2. The number of benzene rings is 1. The maximum absolute atomic E-state index is 6.20. The van der Waals surface area contributed by atoms with Crippen molar-refractivity contribution in [3.63, 3.8) is 0 Å². The monoisotopic (exact) mass is 300 g/mol. The average molecular weight is 301 g/mol. The van der Waals surface area contributed by atoms with Gasteiger partial charge in [-0.1, -0.05) is 35.3 Å². The molecule has 1 atom stereocenters. The molecule has 2 rings (SSSR count). The summed E-state index contributed by atoms with van der Waals surface area (Å²) in [4.78, 5) is 0. The van der Waals surface area contributed by atoms with Crippen molar-refractivity contribution in [2.75, 3.05) is 7.11 Å². The smallest absolute Gasteiger partial charge is 0.211 e. The first-order chi connectivity index (χ1) is 9.08. The maximum atomic E-state index is 6.20. The lowest BCUT2D eigenvalue weighted by atomic mass is 10.0. The van der Waals surface area contributed by atoms with Crippen molar-refractivity contribution < 1.29 is 4.74 Å². The molecule has 3 N–H and O–H groups in total. The molecule has 1 aromatic heterocycles. The standard InChI is InChI=1S/C12H14Cl2N4O/c1-18-10(19-2)6-9(17-18)12(16-15)7-4-3-5-8(13)11(7)14/h3-6,12,16H,15H2,1-2H3. The minimum Gasteiger partial charge on any atom is -0.481 e. The van der Waals surface area contributed by atoms with Crippen LogP contribution in [0.25, 0.3) is 0 Å². The fourth-order valence-corrected chi connectivity index (χ4v) is 2.30. The summed E-state index contributed by atoms with van der Waals surface area (Å²) in [5, 5.41) is 5.28. The van der Waals surface area contributed by atoms with Crippen molar-refractivity contribution in [3.05, 3.63) is 45.6 Å². The Morgan fingerprint density at radius 1 is 1.42 bits per heavy atom. The number of aromatic nitrogens is 2. The number of nitrogens with one attached hydrogen (secondary N) is 1. The molecule has 1 unspecified atom stereocenters. The fourth-order valence-electron chi connectivity index (χ4n) is 1.88. The minimum absolute atomic E-state index is 0.360. The molecule has 0 aliphatic rings.